The number of hydrogen-bond donors (Lipinski definition) is 1. The molecule has 1 aromatic carbocycles. The zero-order valence-electron chi connectivity index (χ0n) is 15.1. The highest BCUT2D eigenvalue weighted by Crippen LogP contribution is 2.38. The molecule has 0 spiro atoms. The number of benzene rings is 1. The number of aryl methyl sites for hydroxylation is 1. The lowest BCUT2D eigenvalue weighted by atomic mass is 9.99. The largest absolute Gasteiger partial charge is 0.384 e. The Labute approximate surface area is 166 Å². The predicted octanol–water partition coefficient (Wildman–Crippen LogP) is 3.85. The van der Waals surface area contributed by atoms with E-state index in [0.29, 0.717) is 5.02 Å². The molecule has 0 unspecified atom stereocenters. The molecule has 0 radical (unpaired) electrons. The van der Waals surface area contributed by atoms with Crippen molar-refractivity contribution in [3.63, 3.8) is 0 Å². The molecule has 1 N–H and O–H groups in total. The molecule has 1 atom stereocenters. The van der Waals surface area contributed by atoms with Gasteiger partial charge in [0.2, 0.25) is 0 Å². The van der Waals surface area contributed by atoms with Crippen molar-refractivity contribution < 1.29 is 5.11 Å². The van der Waals surface area contributed by atoms with E-state index in [1.54, 1.807) is 11.3 Å². The molecule has 0 aliphatic carbocycles. The summed E-state index contributed by atoms with van der Waals surface area (Å²) < 4.78 is 2.06. The summed E-state index contributed by atoms with van der Waals surface area (Å²) in [7, 11) is 0. The topological polar surface area (TPSA) is 63.3 Å². The van der Waals surface area contributed by atoms with Crippen molar-refractivity contribution in [1.29, 1.82) is 0 Å². The Morgan fingerprint density at radius 2 is 1.96 bits per heavy atom. The van der Waals surface area contributed by atoms with Crippen LogP contribution in [0.4, 0.5) is 0 Å². The molecule has 27 heavy (non-hydrogen) atoms. The quantitative estimate of drug-likeness (QED) is 0.635. The van der Waals surface area contributed by atoms with Crippen LogP contribution in [0.5, 0.6) is 0 Å². The number of nitrogens with zero attached hydrogens (tertiary/aromatic N) is 4. The fraction of sp³-hybridized carbons (Fsp3) is 0.250. The van der Waals surface area contributed by atoms with E-state index < -0.39 is 0 Å². The van der Waals surface area contributed by atoms with Gasteiger partial charge in [0.25, 0.3) is 0 Å². The molecule has 5 nitrogen and oxygen atoms in total. The van der Waals surface area contributed by atoms with Crippen molar-refractivity contribution in [1.82, 2.24) is 14.8 Å². The van der Waals surface area contributed by atoms with Crippen molar-refractivity contribution >= 4 is 28.6 Å². The first-order chi connectivity index (χ1) is 13.0. The SMILES string of the molecule is Cc1c(C#CCO)sc2c1C(c1ccc(Cl)cc1)=N[C@@H](C)c1nnc(C)n1-2. The second-order valence-corrected chi connectivity index (χ2v) is 7.73. The van der Waals surface area contributed by atoms with Crippen LogP contribution in [0, 0.1) is 25.7 Å². The molecule has 0 saturated carbocycles. The lowest BCUT2D eigenvalue weighted by molar-refractivity contribution is 0.350. The molecule has 136 valence electrons. The molecule has 0 saturated heterocycles. The summed E-state index contributed by atoms with van der Waals surface area (Å²) in [5.41, 5.74) is 3.95. The maximum Gasteiger partial charge on any atom is 0.162 e. The van der Waals surface area contributed by atoms with E-state index in [9.17, 15) is 0 Å². The average Bonchev–Trinajstić information content (AvgIpc) is 3.15. The first-order valence-corrected chi connectivity index (χ1v) is 9.70. The van der Waals surface area contributed by atoms with Crippen LogP contribution in [-0.4, -0.2) is 32.2 Å². The zero-order valence-corrected chi connectivity index (χ0v) is 16.7. The Bertz CT molecular complexity index is 1120. The van der Waals surface area contributed by atoms with E-state index in [-0.39, 0.29) is 12.6 Å². The molecule has 4 rings (SSSR count). The number of aliphatic imine (C=N–C) groups is 1. The molecular formula is C20H17ClN4OS. The van der Waals surface area contributed by atoms with E-state index in [0.717, 1.165) is 43.9 Å². The maximum absolute atomic E-state index is 9.10. The molecule has 3 aromatic rings. The third-order valence-electron chi connectivity index (χ3n) is 4.51. The van der Waals surface area contributed by atoms with E-state index in [1.165, 1.54) is 0 Å². The van der Waals surface area contributed by atoms with Crippen LogP contribution < -0.4 is 0 Å². The minimum absolute atomic E-state index is 0.136. The Balaban J connectivity index is 2.03. The molecule has 2 aromatic heterocycles. The van der Waals surface area contributed by atoms with Gasteiger partial charge in [0, 0.05) is 16.1 Å². The summed E-state index contributed by atoms with van der Waals surface area (Å²) in [6.45, 7) is 5.83. The second-order valence-electron chi connectivity index (χ2n) is 6.30. The normalized spacial score (nSPS) is 15.3. The average molecular weight is 397 g/mol. The molecule has 7 heteroatoms. The third-order valence-corrected chi connectivity index (χ3v) is 5.96. The van der Waals surface area contributed by atoms with Crippen LogP contribution in [-0.2, 0) is 0 Å². The van der Waals surface area contributed by atoms with E-state index in [2.05, 4.69) is 26.6 Å². The molecule has 3 heterocycles. The van der Waals surface area contributed by atoms with E-state index >= 15 is 0 Å². The van der Waals surface area contributed by atoms with Crippen LogP contribution in [0.15, 0.2) is 29.3 Å². The molecule has 1 aliphatic rings. The summed E-state index contributed by atoms with van der Waals surface area (Å²) in [6, 6.07) is 7.56. The second kappa shape index (κ2) is 6.93. The summed E-state index contributed by atoms with van der Waals surface area (Å²) >= 11 is 7.65. The Morgan fingerprint density at radius 1 is 1.22 bits per heavy atom. The Kier molecular flexibility index (Phi) is 4.60. The maximum atomic E-state index is 9.10. The number of thiophene rings is 1. The van der Waals surface area contributed by atoms with Crippen LogP contribution in [0.2, 0.25) is 5.02 Å². The third kappa shape index (κ3) is 2.98. The van der Waals surface area contributed by atoms with Gasteiger partial charge >= 0.3 is 0 Å². The van der Waals surface area contributed by atoms with Crippen LogP contribution in [0.25, 0.3) is 5.00 Å². The monoisotopic (exact) mass is 396 g/mol. The minimum atomic E-state index is -0.173. The number of aliphatic hydroxyl groups is 1. The number of aromatic nitrogens is 3. The molecule has 0 fully saturated rings. The zero-order chi connectivity index (χ0) is 19.1. The lowest BCUT2D eigenvalue weighted by Gasteiger charge is -2.09. The number of fused-ring (bicyclic) bond motifs is 3. The number of aliphatic hydroxyl groups excluding tert-OH is 1. The predicted molar refractivity (Wildman–Crippen MR) is 108 cm³/mol. The molecular weight excluding hydrogens is 380 g/mol. The van der Waals surface area contributed by atoms with Crippen LogP contribution in [0.1, 0.15) is 46.2 Å². The molecule has 0 bridgehead atoms. The van der Waals surface area contributed by atoms with Gasteiger partial charge in [-0.1, -0.05) is 35.6 Å². The van der Waals surface area contributed by atoms with Crippen molar-refractivity contribution in [2.75, 3.05) is 6.61 Å². The van der Waals surface area contributed by atoms with Gasteiger partial charge in [0.15, 0.2) is 5.82 Å². The van der Waals surface area contributed by atoms with Gasteiger partial charge in [0.1, 0.15) is 23.5 Å². The van der Waals surface area contributed by atoms with Crippen molar-refractivity contribution in [2.45, 2.75) is 26.8 Å². The lowest BCUT2D eigenvalue weighted by Crippen LogP contribution is -2.07. The fourth-order valence-electron chi connectivity index (χ4n) is 3.22. The minimum Gasteiger partial charge on any atom is -0.384 e. The summed E-state index contributed by atoms with van der Waals surface area (Å²) in [5.74, 6) is 7.43. The number of hydrogen-bond acceptors (Lipinski definition) is 5. The van der Waals surface area contributed by atoms with Crippen LogP contribution >= 0.6 is 22.9 Å². The fourth-order valence-corrected chi connectivity index (χ4v) is 4.58. The van der Waals surface area contributed by atoms with Crippen molar-refractivity contribution in [2.24, 2.45) is 4.99 Å². The smallest absolute Gasteiger partial charge is 0.162 e. The molecule has 1 aliphatic heterocycles. The van der Waals surface area contributed by atoms with Gasteiger partial charge in [0.05, 0.1) is 10.6 Å². The summed E-state index contributed by atoms with van der Waals surface area (Å²) in [6.07, 6.45) is 0. The highest BCUT2D eigenvalue weighted by Gasteiger charge is 2.29. The van der Waals surface area contributed by atoms with E-state index in [1.807, 2.05) is 45.0 Å². The van der Waals surface area contributed by atoms with Crippen molar-refractivity contribution in [3.05, 3.63) is 62.5 Å². The summed E-state index contributed by atoms with van der Waals surface area (Å²) in [4.78, 5) is 5.89. The van der Waals surface area contributed by atoms with Crippen molar-refractivity contribution in [3.8, 4) is 16.8 Å². The first-order valence-electron chi connectivity index (χ1n) is 8.50. The van der Waals surface area contributed by atoms with Gasteiger partial charge in [-0.2, -0.15) is 0 Å². The highest BCUT2D eigenvalue weighted by molar-refractivity contribution is 7.15. The highest BCUT2D eigenvalue weighted by atomic mass is 35.5. The van der Waals surface area contributed by atoms with Gasteiger partial charge in [-0.05, 0) is 38.5 Å². The summed E-state index contributed by atoms with van der Waals surface area (Å²) in [5, 5.41) is 19.4. The van der Waals surface area contributed by atoms with Gasteiger partial charge in [-0.15, -0.1) is 21.5 Å². The van der Waals surface area contributed by atoms with Gasteiger partial charge < -0.3 is 5.11 Å². The van der Waals surface area contributed by atoms with Gasteiger partial charge in [-0.3, -0.25) is 9.56 Å². The van der Waals surface area contributed by atoms with E-state index in [4.69, 9.17) is 21.7 Å². The molecule has 0 amide bonds. The van der Waals surface area contributed by atoms with Crippen LogP contribution in [0.3, 0.4) is 0 Å². The Hall–Kier alpha value is -2.46. The standard InChI is InChI=1S/C20H17ClN4OS/c1-11-16(5-4-10-26)27-20-17(11)18(14-6-8-15(21)9-7-14)22-12(2)19-24-23-13(3)25(19)20/h6-9,12,26H,10H2,1-3H3/t12-/m0/s1. The van der Waals surface area contributed by atoms with Gasteiger partial charge in [-0.25, -0.2) is 0 Å². The number of rotatable bonds is 1. The first kappa shape index (κ1) is 17.9. The Morgan fingerprint density at radius 3 is 2.67 bits per heavy atom. The number of halogens is 1.